The first-order valence-electron chi connectivity index (χ1n) is 8.74. The van der Waals surface area contributed by atoms with Gasteiger partial charge in [0.25, 0.3) is 5.56 Å². The van der Waals surface area contributed by atoms with E-state index in [0.29, 0.717) is 19.6 Å². The maximum absolute atomic E-state index is 12.1. The molecule has 0 aromatic carbocycles. The molecule has 0 spiro atoms. The number of ether oxygens (including phenoxy) is 1. The summed E-state index contributed by atoms with van der Waals surface area (Å²) in [5.41, 5.74) is 0.740. The predicted molar refractivity (Wildman–Crippen MR) is 93.3 cm³/mol. The van der Waals surface area contributed by atoms with Crippen molar-refractivity contribution in [3.05, 3.63) is 22.6 Å². The molecule has 7 nitrogen and oxygen atoms in total. The number of amides is 1. The lowest BCUT2D eigenvalue weighted by Gasteiger charge is -2.33. The predicted octanol–water partition coefficient (Wildman–Crippen LogP) is 1.16. The van der Waals surface area contributed by atoms with Gasteiger partial charge in [0.05, 0.1) is 25.0 Å². The van der Waals surface area contributed by atoms with E-state index < -0.39 is 0 Å². The number of nitrogens with one attached hydrogen (secondary N) is 1. The summed E-state index contributed by atoms with van der Waals surface area (Å²) in [6.07, 6.45) is 6.11. The van der Waals surface area contributed by atoms with E-state index in [1.165, 1.54) is 4.68 Å². The number of carbonyl (C=O) groups is 1. The third-order valence-corrected chi connectivity index (χ3v) is 4.34. The second kappa shape index (κ2) is 9.42. The normalized spacial score (nSPS) is 15.5. The monoisotopic (exact) mass is 336 g/mol. The lowest BCUT2D eigenvalue weighted by atomic mass is 10.0. The fourth-order valence-corrected chi connectivity index (χ4v) is 2.86. The van der Waals surface area contributed by atoms with E-state index in [-0.39, 0.29) is 17.5 Å². The summed E-state index contributed by atoms with van der Waals surface area (Å²) in [5, 5.41) is 7.31. The molecule has 0 atom stereocenters. The Labute approximate surface area is 143 Å². The van der Waals surface area contributed by atoms with Gasteiger partial charge in [-0.1, -0.05) is 13.3 Å². The molecule has 7 heteroatoms. The molecule has 1 fully saturated rings. The average molecular weight is 336 g/mol. The first-order chi connectivity index (χ1) is 11.6. The second-order valence-electron chi connectivity index (χ2n) is 6.20. The van der Waals surface area contributed by atoms with E-state index in [0.717, 1.165) is 44.5 Å². The fourth-order valence-electron chi connectivity index (χ4n) is 2.86. The van der Waals surface area contributed by atoms with Crippen LogP contribution >= 0.6 is 0 Å². The van der Waals surface area contributed by atoms with Gasteiger partial charge >= 0.3 is 0 Å². The molecule has 0 bridgehead atoms. The zero-order valence-corrected chi connectivity index (χ0v) is 14.7. The molecule has 1 saturated heterocycles. The summed E-state index contributed by atoms with van der Waals surface area (Å²) in [6.45, 7) is 4.66. The van der Waals surface area contributed by atoms with Crippen molar-refractivity contribution in [2.24, 2.45) is 0 Å². The Balaban J connectivity index is 1.84. The Morgan fingerprint density at radius 3 is 2.79 bits per heavy atom. The summed E-state index contributed by atoms with van der Waals surface area (Å²) in [6, 6.07) is 1.86. The number of anilines is 1. The second-order valence-corrected chi connectivity index (χ2v) is 6.20. The number of rotatable bonds is 8. The Morgan fingerprint density at radius 2 is 2.17 bits per heavy atom. The molecule has 24 heavy (non-hydrogen) atoms. The molecule has 0 radical (unpaired) electrons. The molecule has 1 aliphatic rings. The maximum atomic E-state index is 12.1. The van der Waals surface area contributed by atoms with Crippen molar-refractivity contribution in [2.45, 2.75) is 51.6 Å². The third kappa shape index (κ3) is 5.33. The van der Waals surface area contributed by atoms with E-state index >= 15 is 0 Å². The smallest absolute Gasteiger partial charge is 0.268 e. The largest absolute Gasteiger partial charge is 0.383 e. The zero-order chi connectivity index (χ0) is 17.4. The number of unbranched alkanes of at least 4 members (excludes halogenated alkanes) is 1. The number of nitrogens with zero attached hydrogens (tertiary/aromatic N) is 3. The highest BCUT2D eigenvalue weighted by molar-refractivity contribution is 5.76. The fraction of sp³-hybridized carbons (Fsp3) is 0.706. The van der Waals surface area contributed by atoms with Crippen LogP contribution in [-0.4, -0.2) is 48.5 Å². The van der Waals surface area contributed by atoms with Crippen LogP contribution in [0.15, 0.2) is 17.1 Å². The molecule has 134 valence electrons. The minimum absolute atomic E-state index is 0.112. The number of hydrogen-bond acceptors (Lipinski definition) is 5. The molecule has 1 aromatic heterocycles. The number of aromatic nitrogens is 2. The van der Waals surface area contributed by atoms with Gasteiger partial charge in [-0.2, -0.15) is 5.10 Å². The summed E-state index contributed by atoms with van der Waals surface area (Å²) in [5.74, 6) is 0.151. The maximum Gasteiger partial charge on any atom is 0.268 e. The van der Waals surface area contributed by atoms with E-state index in [9.17, 15) is 9.59 Å². The van der Waals surface area contributed by atoms with E-state index in [1.807, 2.05) is 0 Å². The molecule has 2 heterocycles. The number of hydrogen-bond donors (Lipinski definition) is 1. The number of piperidine rings is 1. The Bertz CT molecular complexity index is 579. The molecular formula is C17H28N4O3. The van der Waals surface area contributed by atoms with E-state index in [4.69, 9.17) is 4.74 Å². The summed E-state index contributed by atoms with van der Waals surface area (Å²) < 4.78 is 6.38. The third-order valence-electron chi connectivity index (χ3n) is 4.34. The van der Waals surface area contributed by atoms with Gasteiger partial charge in [0.1, 0.15) is 0 Å². The van der Waals surface area contributed by atoms with Crippen LogP contribution in [-0.2, 0) is 16.1 Å². The van der Waals surface area contributed by atoms with Crippen molar-refractivity contribution in [2.75, 3.05) is 31.7 Å². The van der Waals surface area contributed by atoms with E-state index in [2.05, 4.69) is 22.2 Å². The van der Waals surface area contributed by atoms with Gasteiger partial charge < -0.3 is 15.0 Å². The zero-order valence-electron chi connectivity index (χ0n) is 14.7. The van der Waals surface area contributed by atoms with Crippen LogP contribution in [0.1, 0.15) is 39.0 Å². The standard InChI is InChI=1S/C17H28N4O3/c1-3-4-5-16(22)19-14-6-8-20(9-7-14)15-12-17(23)21(18-13-15)10-11-24-2/h12-14H,3-11H2,1-2H3,(H,19,22). The van der Waals surface area contributed by atoms with Gasteiger partial charge in [-0.3, -0.25) is 9.59 Å². The van der Waals surface area contributed by atoms with Gasteiger partial charge in [-0.15, -0.1) is 0 Å². The Kier molecular flexibility index (Phi) is 7.24. The van der Waals surface area contributed by atoms with Gasteiger partial charge in [0, 0.05) is 38.7 Å². The lowest BCUT2D eigenvalue weighted by molar-refractivity contribution is -0.122. The van der Waals surface area contributed by atoms with Crippen LogP contribution in [0, 0.1) is 0 Å². The quantitative estimate of drug-likeness (QED) is 0.771. The first kappa shape index (κ1) is 18.4. The minimum Gasteiger partial charge on any atom is -0.383 e. The van der Waals surface area contributed by atoms with Crippen LogP contribution in [0.2, 0.25) is 0 Å². The van der Waals surface area contributed by atoms with Crippen LogP contribution in [0.3, 0.4) is 0 Å². The molecule has 1 aliphatic heterocycles. The van der Waals surface area contributed by atoms with Crippen molar-refractivity contribution in [3.63, 3.8) is 0 Å². The van der Waals surface area contributed by atoms with Gasteiger partial charge in [-0.25, -0.2) is 4.68 Å². The number of carbonyl (C=O) groups excluding carboxylic acids is 1. The summed E-state index contributed by atoms with van der Waals surface area (Å²) in [7, 11) is 1.60. The SMILES string of the molecule is CCCCC(=O)NC1CCN(c2cnn(CCOC)c(=O)c2)CC1. The van der Waals surface area contributed by atoms with Crippen molar-refractivity contribution in [1.82, 2.24) is 15.1 Å². The van der Waals surface area contributed by atoms with Gasteiger partial charge in [0.15, 0.2) is 0 Å². The molecule has 0 aliphatic carbocycles. The Morgan fingerprint density at radius 1 is 1.42 bits per heavy atom. The topological polar surface area (TPSA) is 76.5 Å². The lowest BCUT2D eigenvalue weighted by Crippen LogP contribution is -2.45. The van der Waals surface area contributed by atoms with E-state index in [1.54, 1.807) is 19.4 Å². The van der Waals surface area contributed by atoms with Crippen molar-refractivity contribution >= 4 is 11.6 Å². The molecule has 1 amide bonds. The van der Waals surface area contributed by atoms with Crippen LogP contribution in [0.4, 0.5) is 5.69 Å². The van der Waals surface area contributed by atoms with Crippen LogP contribution < -0.4 is 15.8 Å². The minimum atomic E-state index is -0.112. The average Bonchev–Trinajstić information content (AvgIpc) is 2.59. The molecule has 0 unspecified atom stereocenters. The molecule has 1 N–H and O–H groups in total. The summed E-state index contributed by atoms with van der Waals surface area (Å²) >= 11 is 0. The van der Waals surface area contributed by atoms with Gasteiger partial charge in [0.2, 0.25) is 5.91 Å². The molecule has 0 saturated carbocycles. The van der Waals surface area contributed by atoms with Crippen molar-refractivity contribution in [3.8, 4) is 0 Å². The number of methoxy groups -OCH3 is 1. The Hall–Kier alpha value is -1.89. The molecule has 1 aromatic rings. The molecule has 2 rings (SSSR count). The first-order valence-corrected chi connectivity index (χ1v) is 8.74. The molecular weight excluding hydrogens is 308 g/mol. The highest BCUT2D eigenvalue weighted by atomic mass is 16.5. The highest BCUT2D eigenvalue weighted by Gasteiger charge is 2.21. The van der Waals surface area contributed by atoms with Crippen molar-refractivity contribution in [1.29, 1.82) is 0 Å². The van der Waals surface area contributed by atoms with Gasteiger partial charge in [-0.05, 0) is 19.3 Å². The van der Waals surface area contributed by atoms with Crippen LogP contribution in [0.5, 0.6) is 0 Å². The summed E-state index contributed by atoms with van der Waals surface area (Å²) in [4.78, 5) is 26.0. The highest BCUT2D eigenvalue weighted by Crippen LogP contribution is 2.17. The van der Waals surface area contributed by atoms with Crippen LogP contribution in [0.25, 0.3) is 0 Å². The van der Waals surface area contributed by atoms with Crippen molar-refractivity contribution < 1.29 is 9.53 Å².